The van der Waals surface area contributed by atoms with Gasteiger partial charge < -0.3 is 10.8 Å². The first kappa shape index (κ1) is 9.78. The Bertz CT molecular complexity index is 117. The minimum Gasteiger partial charge on any atom is -0.336 e. The van der Waals surface area contributed by atoms with Crippen molar-refractivity contribution in [1.29, 1.82) is 0 Å². The first-order valence-electron chi connectivity index (χ1n) is 3.05. The van der Waals surface area contributed by atoms with E-state index in [4.69, 9.17) is 10.8 Å². The number of alkyl halides is 2. The van der Waals surface area contributed by atoms with Gasteiger partial charge in [-0.25, -0.2) is 0 Å². The molecule has 0 amide bonds. The van der Waals surface area contributed by atoms with E-state index >= 15 is 0 Å². The van der Waals surface area contributed by atoms with Crippen molar-refractivity contribution in [3.8, 4) is 0 Å². The molecule has 4 heteroatoms. The molecule has 0 aliphatic rings. The fraction of sp³-hybridized carbons (Fsp3) is 1.00. The highest BCUT2D eigenvalue weighted by Crippen LogP contribution is 2.35. The molecule has 0 aromatic rings. The summed E-state index contributed by atoms with van der Waals surface area (Å²) < 4.78 is 24.5. The highest BCUT2D eigenvalue weighted by Gasteiger charge is 2.47. The zero-order valence-electron chi connectivity index (χ0n) is 6.36. The third-order valence-electron chi connectivity index (χ3n) is 1.91. The molecule has 0 aliphatic carbocycles. The van der Waals surface area contributed by atoms with Crippen LogP contribution < -0.4 is 5.73 Å². The van der Waals surface area contributed by atoms with E-state index in [2.05, 4.69) is 0 Å². The fourth-order valence-corrected chi connectivity index (χ4v) is 0.274. The van der Waals surface area contributed by atoms with Gasteiger partial charge >= 0.3 is 6.11 Å². The molecule has 0 heterocycles. The molecule has 0 saturated heterocycles. The monoisotopic (exact) mass is 153 g/mol. The number of hydrogen-bond donors (Lipinski definition) is 2. The quantitative estimate of drug-likeness (QED) is 0.620. The predicted molar refractivity (Wildman–Crippen MR) is 34.6 cm³/mol. The third kappa shape index (κ3) is 1.64. The van der Waals surface area contributed by atoms with Gasteiger partial charge in [-0.3, -0.25) is 0 Å². The summed E-state index contributed by atoms with van der Waals surface area (Å²) in [7, 11) is 0. The van der Waals surface area contributed by atoms with Crippen molar-refractivity contribution >= 4 is 0 Å². The van der Waals surface area contributed by atoms with Crippen molar-refractivity contribution in [3.05, 3.63) is 0 Å². The molecule has 2 nitrogen and oxygen atoms in total. The Kier molecular flexibility index (Phi) is 2.38. The van der Waals surface area contributed by atoms with Crippen LogP contribution in [-0.2, 0) is 0 Å². The summed E-state index contributed by atoms with van der Waals surface area (Å²) >= 11 is 0. The molecule has 0 fully saturated rings. The summed E-state index contributed by atoms with van der Waals surface area (Å²) in [4.78, 5) is 0. The molecular formula is C6H13F2NO. The zero-order valence-corrected chi connectivity index (χ0v) is 6.36. The maximum absolute atomic E-state index is 12.2. The van der Waals surface area contributed by atoms with Crippen LogP contribution in [-0.4, -0.2) is 17.3 Å². The summed E-state index contributed by atoms with van der Waals surface area (Å²) in [5.74, 6) is 0. The minimum atomic E-state index is -3.71. The second-order valence-corrected chi connectivity index (χ2v) is 3.05. The zero-order chi connectivity index (χ0) is 8.58. The Morgan fingerprint density at radius 3 is 1.70 bits per heavy atom. The minimum absolute atomic E-state index is 0.743. The van der Waals surface area contributed by atoms with Gasteiger partial charge in [0.1, 0.15) is 0 Å². The second kappa shape index (κ2) is 2.43. The maximum atomic E-state index is 12.2. The summed E-state index contributed by atoms with van der Waals surface area (Å²) in [6, 6.07) is -0.743. The van der Waals surface area contributed by atoms with Gasteiger partial charge in [0.2, 0.25) is 0 Å². The van der Waals surface area contributed by atoms with Crippen LogP contribution in [0.15, 0.2) is 0 Å². The summed E-state index contributed by atoms with van der Waals surface area (Å²) in [5, 5.41) is 8.30. The number of rotatable bonds is 2. The van der Waals surface area contributed by atoms with E-state index in [0.717, 1.165) is 0 Å². The van der Waals surface area contributed by atoms with E-state index in [1.807, 2.05) is 0 Å². The van der Waals surface area contributed by atoms with Crippen LogP contribution in [0.25, 0.3) is 0 Å². The van der Waals surface area contributed by atoms with Gasteiger partial charge in [0.15, 0.2) is 0 Å². The Morgan fingerprint density at radius 2 is 1.70 bits per heavy atom. The lowest BCUT2D eigenvalue weighted by molar-refractivity contribution is -0.273. The van der Waals surface area contributed by atoms with Gasteiger partial charge in [-0.1, -0.05) is 13.8 Å². The van der Waals surface area contributed by atoms with Gasteiger partial charge in [0, 0.05) is 6.04 Å². The van der Waals surface area contributed by atoms with Crippen LogP contribution in [0.3, 0.4) is 0 Å². The smallest absolute Gasteiger partial charge is 0.336 e. The van der Waals surface area contributed by atoms with Gasteiger partial charge in [0.25, 0.3) is 0 Å². The van der Waals surface area contributed by atoms with Crippen LogP contribution in [0, 0.1) is 5.41 Å². The van der Waals surface area contributed by atoms with E-state index in [0.29, 0.717) is 0 Å². The Hall–Kier alpha value is -0.220. The summed E-state index contributed by atoms with van der Waals surface area (Å²) in [6.45, 7) is 3.87. The summed E-state index contributed by atoms with van der Waals surface area (Å²) in [5.41, 5.74) is 3.65. The van der Waals surface area contributed by atoms with Gasteiger partial charge in [-0.15, -0.1) is 0 Å². The molecule has 0 bridgehead atoms. The Morgan fingerprint density at radius 1 is 1.40 bits per heavy atom. The SMILES string of the molecule is CC(N)C(C)(C)C(O)(F)F. The molecule has 0 spiro atoms. The van der Waals surface area contributed by atoms with Crippen LogP contribution in [0.1, 0.15) is 20.8 Å². The molecule has 0 aromatic carbocycles. The van der Waals surface area contributed by atoms with E-state index < -0.39 is 17.6 Å². The van der Waals surface area contributed by atoms with Gasteiger partial charge in [0.05, 0.1) is 5.41 Å². The topological polar surface area (TPSA) is 46.2 Å². The lowest BCUT2D eigenvalue weighted by atomic mass is 9.85. The molecule has 1 atom stereocenters. The van der Waals surface area contributed by atoms with E-state index in [1.54, 1.807) is 0 Å². The second-order valence-electron chi connectivity index (χ2n) is 3.05. The molecular weight excluding hydrogens is 140 g/mol. The molecule has 0 aliphatic heterocycles. The molecule has 62 valence electrons. The average molecular weight is 153 g/mol. The van der Waals surface area contributed by atoms with E-state index in [9.17, 15) is 8.78 Å². The first-order chi connectivity index (χ1) is 4.19. The lowest BCUT2D eigenvalue weighted by Crippen LogP contribution is -2.48. The van der Waals surface area contributed by atoms with Crippen molar-refractivity contribution in [2.24, 2.45) is 11.1 Å². The van der Waals surface area contributed by atoms with Crippen LogP contribution in [0.2, 0.25) is 0 Å². The molecule has 1 unspecified atom stereocenters. The molecule has 10 heavy (non-hydrogen) atoms. The van der Waals surface area contributed by atoms with E-state index in [1.165, 1.54) is 20.8 Å². The molecule has 0 saturated carbocycles. The molecule has 3 N–H and O–H groups in total. The fourth-order valence-electron chi connectivity index (χ4n) is 0.274. The Labute approximate surface area is 59.0 Å². The van der Waals surface area contributed by atoms with Crippen molar-refractivity contribution in [1.82, 2.24) is 0 Å². The van der Waals surface area contributed by atoms with Crippen molar-refractivity contribution in [2.75, 3.05) is 0 Å². The third-order valence-corrected chi connectivity index (χ3v) is 1.91. The summed E-state index contributed by atoms with van der Waals surface area (Å²) in [6.07, 6.45) is -3.71. The van der Waals surface area contributed by atoms with Gasteiger partial charge in [-0.2, -0.15) is 8.78 Å². The maximum Gasteiger partial charge on any atom is 0.359 e. The highest BCUT2D eigenvalue weighted by atomic mass is 19.3. The number of hydrogen-bond acceptors (Lipinski definition) is 2. The van der Waals surface area contributed by atoms with Gasteiger partial charge in [-0.05, 0) is 6.92 Å². The first-order valence-corrected chi connectivity index (χ1v) is 3.05. The van der Waals surface area contributed by atoms with Crippen molar-refractivity contribution in [2.45, 2.75) is 32.9 Å². The predicted octanol–water partition coefficient (Wildman–Crippen LogP) is 0.945. The van der Waals surface area contributed by atoms with E-state index in [-0.39, 0.29) is 0 Å². The lowest BCUT2D eigenvalue weighted by Gasteiger charge is -2.32. The number of halogens is 2. The molecule has 0 radical (unpaired) electrons. The Balaban J connectivity index is 4.40. The van der Waals surface area contributed by atoms with Crippen LogP contribution in [0.4, 0.5) is 8.78 Å². The molecule has 0 rings (SSSR count). The number of nitrogens with two attached hydrogens (primary N) is 1. The largest absolute Gasteiger partial charge is 0.359 e. The number of aliphatic hydroxyl groups is 1. The normalized spacial score (nSPS) is 17.1. The van der Waals surface area contributed by atoms with Crippen LogP contribution >= 0.6 is 0 Å². The van der Waals surface area contributed by atoms with Crippen molar-refractivity contribution < 1.29 is 13.9 Å². The molecule has 0 aromatic heterocycles. The average Bonchev–Trinajstić information content (AvgIpc) is 1.62. The highest BCUT2D eigenvalue weighted by molar-refractivity contribution is 4.84. The van der Waals surface area contributed by atoms with Crippen molar-refractivity contribution in [3.63, 3.8) is 0 Å². The van der Waals surface area contributed by atoms with Crippen LogP contribution in [0.5, 0.6) is 0 Å². The standard InChI is InChI=1S/C6H13F2NO/c1-4(9)5(2,3)6(7,8)10/h4,10H,9H2,1-3H3.